The first kappa shape index (κ1) is 19.3. The van der Waals surface area contributed by atoms with Crippen LogP contribution in [0, 0.1) is 6.92 Å². The highest BCUT2D eigenvalue weighted by Gasteiger charge is 2.33. The molecule has 8 heteroatoms. The SMILES string of the molecule is Cc1ccc(Cc2cnc(NC(=O)c3ccc4c(c3)C(=O)N(C)C4=O)s2)cc1Cl. The molecular formula is C21H16ClN3O3S. The third-order valence-corrected chi connectivity index (χ3v) is 6.06. The van der Waals surface area contributed by atoms with Crippen molar-refractivity contribution in [2.45, 2.75) is 13.3 Å². The second-order valence-electron chi connectivity index (χ2n) is 6.78. The Morgan fingerprint density at radius 3 is 2.66 bits per heavy atom. The normalized spacial score (nSPS) is 13.0. The predicted octanol–water partition coefficient (Wildman–Crippen LogP) is 4.17. The summed E-state index contributed by atoms with van der Waals surface area (Å²) in [7, 11) is 1.42. The first-order valence-corrected chi connectivity index (χ1v) is 10.0. The van der Waals surface area contributed by atoms with Crippen molar-refractivity contribution in [1.82, 2.24) is 9.88 Å². The van der Waals surface area contributed by atoms with Crippen molar-refractivity contribution in [2.24, 2.45) is 0 Å². The molecule has 0 aliphatic carbocycles. The molecule has 29 heavy (non-hydrogen) atoms. The lowest BCUT2D eigenvalue weighted by Gasteiger charge is -2.04. The number of benzene rings is 2. The van der Waals surface area contributed by atoms with Gasteiger partial charge in [0.05, 0.1) is 11.1 Å². The van der Waals surface area contributed by atoms with Crippen LogP contribution in [0.1, 0.15) is 47.1 Å². The smallest absolute Gasteiger partial charge is 0.261 e. The minimum absolute atomic E-state index is 0.237. The van der Waals surface area contributed by atoms with E-state index >= 15 is 0 Å². The zero-order valence-electron chi connectivity index (χ0n) is 15.7. The van der Waals surface area contributed by atoms with Crippen molar-refractivity contribution in [3.05, 3.63) is 80.3 Å². The highest BCUT2D eigenvalue weighted by molar-refractivity contribution is 7.15. The zero-order chi connectivity index (χ0) is 20.7. The predicted molar refractivity (Wildman–Crippen MR) is 112 cm³/mol. The molecule has 3 amide bonds. The quantitative estimate of drug-likeness (QED) is 0.636. The Hall–Kier alpha value is -3.03. The van der Waals surface area contributed by atoms with Crippen LogP contribution < -0.4 is 5.32 Å². The van der Waals surface area contributed by atoms with Gasteiger partial charge < -0.3 is 0 Å². The number of hydrogen-bond donors (Lipinski definition) is 1. The number of fused-ring (bicyclic) bond motifs is 1. The van der Waals surface area contributed by atoms with Gasteiger partial charge in [-0.2, -0.15) is 0 Å². The molecule has 0 saturated heterocycles. The lowest BCUT2D eigenvalue weighted by atomic mass is 10.1. The van der Waals surface area contributed by atoms with E-state index in [9.17, 15) is 14.4 Å². The fraction of sp³-hybridized carbons (Fsp3) is 0.143. The Morgan fingerprint density at radius 1 is 1.14 bits per heavy atom. The number of amides is 3. The number of thiazole rings is 1. The van der Waals surface area contributed by atoms with Crippen molar-refractivity contribution in [3.63, 3.8) is 0 Å². The summed E-state index contributed by atoms with van der Waals surface area (Å²) in [6.07, 6.45) is 2.38. The summed E-state index contributed by atoms with van der Waals surface area (Å²) in [5, 5.41) is 3.93. The topological polar surface area (TPSA) is 79.4 Å². The van der Waals surface area contributed by atoms with E-state index in [0.717, 1.165) is 25.9 Å². The number of carbonyl (C=O) groups excluding carboxylic acids is 3. The van der Waals surface area contributed by atoms with Crippen LogP contribution in [0.25, 0.3) is 0 Å². The van der Waals surface area contributed by atoms with Gasteiger partial charge in [0.15, 0.2) is 5.13 Å². The fourth-order valence-electron chi connectivity index (χ4n) is 3.07. The number of nitrogens with one attached hydrogen (secondary N) is 1. The molecule has 1 aliphatic rings. The zero-order valence-corrected chi connectivity index (χ0v) is 17.2. The van der Waals surface area contributed by atoms with Gasteiger partial charge in [0.25, 0.3) is 17.7 Å². The fourth-order valence-corrected chi connectivity index (χ4v) is 4.11. The highest BCUT2D eigenvalue weighted by Crippen LogP contribution is 2.26. The molecule has 2 aromatic carbocycles. The van der Waals surface area contributed by atoms with Gasteiger partial charge in [-0.3, -0.25) is 24.6 Å². The summed E-state index contributed by atoms with van der Waals surface area (Å²) in [4.78, 5) is 42.9. The van der Waals surface area contributed by atoms with Crippen LogP contribution in [0.4, 0.5) is 5.13 Å². The Kier molecular flexibility index (Phi) is 4.94. The molecule has 0 bridgehead atoms. The second-order valence-corrected chi connectivity index (χ2v) is 8.30. The van der Waals surface area contributed by atoms with E-state index in [4.69, 9.17) is 11.6 Å². The highest BCUT2D eigenvalue weighted by atomic mass is 35.5. The molecule has 4 rings (SSSR count). The van der Waals surface area contributed by atoms with Crippen LogP contribution in [0.5, 0.6) is 0 Å². The number of anilines is 1. The number of halogens is 1. The van der Waals surface area contributed by atoms with Crippen molar-refractivity contribution < 1.29 is 14.4 Å². The van der Waals surface area contributed by atoms with E-state index in [2.05, 4.69) is 10.3 Å². The minimum atomic E-state index is -0.409. The molecule has 0 radical (unpaired) electrons. The van der Waals surface area contributed by atoms with E-state index in [1.165, 1.54) is 36.6 Å². The third-order valence-electron chi connectivity index (χ3n) is 4.74. The Morgan fingerprint density at radius 2 is 1.90 bits per heavy atom. The molecule has 146 valence electrons. The van der Waals surface area contributed by atoms with Gasteiger partial charge in [-0.25, -0.2) is 4.98 Å². The Labute approximate surface area is 176 Å². The largest absolute Gasteiger partial charge is 0.298 e. The Balaban J connectivity index is 1.48. The molecule has 0 saturated carbocycles. The van der Waals surface area contributed by atoms with Crippen molar-refractivity contribution >= 4 is 45.8 Å². The molecule has 0 fully saturated rings. The van der Waals surface area contributed by atoms with Gasteiger partial charge in [-0.15, -0.1) is 11.3 Å². The average molecular weight is 426 g/mol. The van der Waals surface area contributed by atoms with E-state index in [-0.39, 0.29) is 17.4 Å². The molecular weight excluding hydrogens is 410 g/mol. The molecule has 3 aromatic rings. The molecule has 0 atom stereocenters. The summed E-state index contributed by atoms with van der Waals surface area (Å²) < 4.78 is 0. The van der Waals surface area contributed by atoms with Crippen LogP contribution in [0.15, 0.2) is 42.6 Å². The van der Waals surface area contributed by atoms with Gasteiger partial charge in [0.1, 0.15) is 0 Å². The number of aromatic nitrogens is 1. The number of aryl methyl sites for hydroxylation is 1. The second kappa shape index (κ2) is 7.42. The van der Waals surface area contributed by atoms with E-state index in [1.807, 2.05) is 25.1 Å². The molecule has 2 heterocycles. The summed E-state index contributed by atoms with van der Waals surface area (Å²) >= 11 is 7.55. The van der Waals surface area contributed by atoms with Crippen LogP contribution in [0.2, 0.25) is 5.02 Å². The number of carbonyl (C=O) groups is 3. The number of imide groups is 1. The number of rotatable bonds is 4. The molecule has 6 nitrogen and oxygen atoms in total. The maximum atomic E-state index is 12.6. The van der Waals surface area contributed by atoms with E-state index in [0.29, 0.717) is 22.7 Å². The van der Waals surface area contributed by atoms with Crippen molar-refractivity contribution in [1.29, 1.82) is 0 Å². The average Bonchev–Trinajstić information content (AvgIpc) is 3.23. The summed E-state index contributed by atoms with van der Waals surface area (Å²) in [6, 6.07) is 10.4. The van der Waals surface area contributed by atoms with E-state index < -0.39 is 5.91 Å². The van der Waals surface area contributed by atoms with Gasteiger partial charge in [0.2, 0.25) is 0 Å². The number of nitrogens with zero attached hydrogens (tertiary/aromatic N) is 2. The van der Waals surface area contributed by atoms with Crippen LogP contribution in [-0.4, -0.2) is 34.7 Å². The van der Waals surface area contributed by atoms with Crippen LogP contribution in [0.3, 0.4) is 0 Å². The molecule has 1 aromatic heterocycles. The van der Waals surface area contributed by atoms with Crippen LogP contribution >= 0.6 is 22.9 Å². The monoisotopic (exact) mass is 425 g/mol. The lowest BCUT2D eigenvalue weighted by molar-refractivity contribution is 0.0693. The van der Waals surface area contributed by atoms with Crippen molar-refractivity contribution in [2.75, 3.05) is 12.4 Å². The molecule has 1 N–H and O–H groups in total. The first-order valence-electron chi connectivity index (χ1n) is 8.81. The van der Waals surface area contributed by atoms with Gasteiger partial charge in [0, 0.05) is 35.1 Å². The standard InChI is InChI=1S/C21H16ClN3O3S/c1-11-3-4-12(8-17(11)22)7-14-10-23-21(29-14)24-18(26)13-5-6-15-16(9-13)20(28)25(2)19(15)27/h3-6,8-10H,7H2,1-2H3,(H,23,24,26). The van der Waals surface area contributed by atoms with Gasteiger partial charge >= 0.3 is 0 Å². The Bertz CT molecular complexity index is 1170. The summed E-state index contributed by atoms with van der Waals surface area (Å²) in [5.41, 5.74) is 2.92. The van der Waals surface area contributed by atoms with Gasteiger partial charge in [-0.1, -0.05) is 23.7 Å². The van der Waals surface area contributed by atoms with Crippen LogP contribution in [-0.2, 0) is 6.42 Å². The molecule has 0 spiro atoms. The minimum Gasteiger partial charge on any atom is -0.298 e. The summed E-state index contributed by atoms with van der Waals surface area (Å²) in [6.45, 7) is 1.95. The number of hydrogen-bond acceptors (Lipinski definition) is 5. The molecule has 0 unspecified atom stereocenters. The molecule has 1 aliphatic heterocycles. The third kappa shape index (κ3) is 3.66. The lowest BCUT2D eigenvalue weighted by Crippen LogP contribution is -2.24. The maximum Gasteiger partial charge on any atom is 0.261 e. The maximum absolute atomic E-state index is 12.6. The van der Waals surface area contributed by atoms with Gasteiger partial charge in [-0.05, 0) is 42.3 Å². The first-order chi connectivity index (χ1) is 13.8. The summed E-state index contributed by atoms with van der Waals surface area (Å²) in [5.74, 6) is -1.16. The van der Waals surface area contributed by atoms with Crippen molar-refractivity contribution in [3.8, 4) is 0 Å². The van der Waals surface area contributed by atoms with E-state index in [1.54, 1.807) is 6.20 Å².